The molecule has 1 saturated heterocycles. The zero-order valence-electron chi connectivity index (χ0n) is 10.1. The maximum absolute atomic E-state index is 12.1. The minimum absolute atomic E-state index is 0.129. The van der Waals surface area contributed by atoms with Crippen LogP contribution in [0.4, 0.5) is 0 Å². The molecular weight excluding hydrogens is 218 g/mol. The molecule has 1 amide bonds. The Bertz CT molecular complexity index is 356. The quantitative estimate of drug-likeness (QED) is 0.759. The molecule has 0 aromatic carbocycles. The molecule has 94 valence electrons. The highest BCUT2D eigenvalue weighted by Crippen LogP contribution is 2.25. The number of piperidine rings is 1. The molecule has 1 aromatic rings. The van der Waals surface area contributed by atoms with E-state index >= 15 is 0 Å². The number of rotatable bonds is 4. The molecular formula is C11H19N5O. The molecule has 6 heteroatoms. The van der Waals surface area contributed by atoms with Crippen molar-refractivity contribution in [1.82, 2.24) is 25.6 Å². The number of carbonyl (C=O) groups excluding carboxylic acids is 1. The van der Waals surface area contributed by atoms with Gasteiger partial charge in [0.15, 0.2) is 0 Å². The molecule has 2 rings (SSSR count). The average molecular weight is 237 g/mol. The Morgan fingerprint density at radius 2 is 2.53 bits per heavy atom. The molecule has 0 spiro atoms. The van der Waals surface area contributed by atoms with Crippen LogP contribution >= 0.6 is 0 Å². The Balaban J connectivity index is 1.76. The van der Waals surface area contributed by atoms with E-state index in [-0.39, 0.29) is 11.3 Å². The molecule has 1 aliphatic rings. The molecule has 1 unspecified atom stereocenters. The molecule has 1 fully saturated rings. The third kappa shape index (κ3) is 3.03. The van der Waals surface area contributed by atoms with E-state index in [1.165, 1.54) is 0 Å². The zero-order valence-corrected chi connectivity index (χ0v) is 10.1. The summed E-state index contributed by atoms with van der Waals surface area (Å²) in [6, 6.07) is 0. The molecule has 1 aliphatic heterocycles. The average Bonchev–Trinajstić information content (AvgIpc) is 2.83. The second-order valence-corrected chi connectivity index (χ2v) is 4.76. The van der Waals surface area contributed by atoms with Gasteiger partial charge in [-0.05, 0) is 26.3 Å². The van der Waals surface area contributed by atoms with Crippen LogP contribution < -0.4 is 10.6 Å². The lowest BCUT2D eigenvalue weighted by molar-refractivity contribution is -0.131. The second-order valence-electron chi connectivity index (χ2n) is 4.76. The lowest BCUT2D eigenvalue weighted by Gasteiger charge is -2.32. The van der Waals surface area contributed by atoms with Crippen LogP contribution in [0.3, 0.4) is 0 Å². The minimum Gasteiger partial charge on any atom is -0.354 e. The number of aromatic nitrogens is 3. The normalized spacial score (nSPS) is 24.5. The van der Waals surface area contributed by atoms with Crippen molar-refractivity contribution in [3.05, 3.63) is 12.4 Å². The Hall–Kier alpha value is -1.43. The van der Waals surface area contributed by atoms with Gasteiger partial charge in [-0.15, -0.1) is 5.10 Å². The molecule has 0 bridgehead atoms. The first-order chi connectivity index (χ1) is 8.21. The Labute approximate surface area is 101 Å². The van der Waals surface area contributed by atoms with Gasteiger partial charge < -0.3 is 10.6 Å². The van der Waals surface area contributed by atoms with E-state index < -0.39 is 0 Å². The Morgan fingerprint density at radius 3 is 3.18 bits per heavy atom. The summed E-state index contributed by atoms with van der Waals surface area (Å²) in [5, 5.41) is 13.8. The van der Waals surface area contributed by atoms with E-state index in [1.807, 2.05) is 6.92 Å². The van der Waals surface area contributed by atoms with Crippen molar-refractivity contribution < 1.29 is 4.79 Å². The molecule has 1 aromatic heterocycles. The summed E-state index contributed by atoms with van der Waals surface area (Å²) in [5.41, 5.74) is -0.263. The molecule has 17 heavy (non-hydrogen) atoms. The van der Waals surface area contributed by atoms with Crippen LogP contribution in [-0.4, -0.2) is 40.5 Å². The topological polar surface area (TPSA) is 71.8 Å². The van der Waals surface area contributed by atoms with Crippen LogP contribution in [0.25, 0.3) is 0 Å². The highest BCUT2D eigenvalue weighted by molar-refractivity contribution is 5.82. The Kier molecular flexibility index (Phi) is 3.73. The molecule has 0 saturated carbocycles. The van der Waals surface area contributed by atoms with E-state index in [0.717, 1.165) is 25.9 Å². The number of carbonyl (C=O) groups is 1. The fraction of sp³-hybridized carbons (Fsp3) is 0.727. The molecule has 1 atom stereocenters. The smallest absolute Gasteiger partial charge is 0.227 e. The molecule has 2 heterocycles. The summed E-state index contributed by atoms with van der Waals surface area (Å²) < 4.78 is 1.71. The molecule has 6 nitrogen and oxygen atoms in total. The van der Waals surface area contributed by atoms with Gasteiger partial charge in [0.05, 0.1) is 18.2 Å². The first-order valence-electron chi connectivity index (χ1n) is 6.04. The molecule has 2 N–H and O–H groups in total. The van der Waals surface area contributed by atoms with Crippen LogP contribution in [0.2, 0.25) is 0 Å². The second kappa shape index (κ2) is 5.27. The molecule has 0 aliphatic carbocycles. The number of nitrogens with one attached hydrogen (secondary N) is 2. The zero-order chi connectivity index (χ0) is 12.1. The standard InChI is InChI=1S/C11H19N5O/c1-11(3-2-4-12-9-11)10(17)13-5-7-16-8-6-14-15-16/h6,8,12H,2-5,7,9H2,1H3,(H,13,17). The highest BCUT2D eigenvalue weighted by Gasteiger charge is 2.34. The summed E-state index contributed by atoms with van der Waals surface area (Å²) in [5.74, 6) is 0.129. The van der Waals surface area contributed by atoms with Crippen LogP contribution in [0.1, 0.15) is 19.8 Å². The van der Waals surface area contributed by atoms with E-state index in [9.17, 15) is 4.79 Å². The number of hydrogen-bond donors (Lipinski definition) is 2. The SMILES string of the molecule is CC1(C(=O)NCCn2ccnn2)CCCNC1. The van der Waals surface area contributed by atoms with Gasteiger partial charge in [0.25, 0.3) is 0 Å². The van der Waals surface area contributed by atoms with Gasteiger partial charge in [-0.2, -0.15) is 0 Å². The summed E-state index contributed by atoms with van der Waals surface area (Å²) >= 11 is 0. The first kappa shape index (κ1) is 12.0. The fourth-order valence-corrected chi connectivity index (χ4v) is 2.10. The third-order valence-corrected chi connectivity index (χ3v) is 3.24. The summed E-state index contributed by atoms with van der Waals surface area (Å²) in [4.78, 5) is 12.1. The summed E-state index contributed by atoms with van der Waals surface area (Å²) in [6.07, 6.45) is 5.44. The largest absolute Gasteiger partial charge is 0.354 e. The van der Waals surface area contributed by atoms with Crippen LogP contribution in [0.15, 0.2) is 12.4 Å². The molecule has 0 radical (unpaired) electrons. The van der Waals surface area contributed by atoms with E-state index in [0.29, 0.717) is 13.1 Å². The van der Waals surface area contributed by atoms with Crippen molar-refractivity contribution in [2.24, 2.45) is 5.41 Å². The monoisotopic (exact) mass is 237 g/mol. The van der Waals surface area contributed by atoms with Crippen molar-refractivity contribution in [2.75, 3.05) is 19.6 Å². The van der Waals surface area contributed by atoms with Crippen molar-refractivity contribution >= 4 is 5.91 Å². The predicted octanol–water partition coefficient (Wildman–Crippen LogP) is -0.216. The third-order valence-electron chi connectivity index (χ3n) is 3.24. The summed E-state index contributed by atoms with van der Waals surface area (Å²) in [7, 11) is 0. The van der Waals surface area contributed by atoms with Crippen LogP contribution in [0.5, 0.6) is 0 Å². The van der Waals surface area contributed by atoms with Crippen molar-refractivity contribution in [3.63, 3.8) is 0 Å². The Morgan fingerprint density at radius 1 is 1.65 bits per heavy atom. The van der Waals surface area contributed by atoms with Crippen molar-refractivity contribution in [3.8, 4) is 0 Å². The number of hydrogen-bond acceptors (Lipinski definition) is 4. The number of nitrogens with zero attached hydrogens (tertiary/aromatic N) is 3. The van der Waals surface area contributed by atoms with Gasteiger partial charge in [-0.25, -0.2) is 0 Å². The first-order valence-corrected chi connectivity index (χ1v) is 6.04. The summed E-state index contributed by atoms with van der Waals surface area (Å²) in [6.45, 7) is 5.06. The predicted molar refractivity (Wildman–Crippen MR) is 63.2 cm³/mol. The van der Waals surface area contributed by atoms with Crippen LogP contribution in [0, 0.1) is 5.41 Å². The lowest BCUT2D eigenvalue weighted by Crippen LogP contribution is -2.49. The fourth-order valence-electron chi connectivity index (χ4n) is 2.10. The number of amides is 1. The minimum atomic E-state index is -0.263. The van der Waals surface area contributed by atoms with E-state index in [4.69, 9.17) is 0 Å². The van der Waals surface area contributed by atoms with Gasteiger partial charge in [0, 0.05) is 19.3 Å². The van der Waals surface area contributed by atoms with Gasteiger partial charge in [-0.3, -0.25) is 9.48 Å². The van der Waals surface area contributed by atoms with Crippen molar-refractivity contribution in [1.29, 1.82) is 0 Å². The maximum Gasteiger partial charge on any atom is 0.227 e. The highest BCUT2D eigenvalue weighted by atomic mass is 16.2. The van der Waals surface area contributed by atoms with Gasteiger partial charge in [0.1, 0.15) is 0 Å². The van der Waals surface area contributed by atoms with Crippen LogP contribution in [-0.2, 0) is 11.3 Å². The van der Waals surface area contributed by atoms with Crippen molar-refractivity contribution in [2.45, 2.75) is 26.3 Å². The van der Waals surface area contributed by atoms with E-state index in [2.05, 4.69) is 20.9 Å². The van der Waals surface area contributed by atoms with Gasteiger partial charge >= 0.3 is 0 Å². The van der Waals surface area contributed by atoms with Gasteiger partial charge in [0.2, 0.25) is 5.91 Å². The lowest BCUT2D eigenvalue weighted by atomic mass is 9.82. The van der Waals surface area contributed by atoms with Gasteiger partial charge in [-0.1, -0.05) is 5.21 Å². The maximum atomic E-state index is 12.1. The van der Waals surface area contributed by atoms with E-state index in [1.54, 1.807) is 17.1 Å².